The van der Waals surface area contributed by atoms with Gasteiger partial charge in [-0.3, -0.25) is 4.40 Å². The number of allylic oxidation sites excluding steroid dienone is 4. The molecule has 0 radical (unpaired) electrons. The highest BCUT2D eigenvalue weighted by Crippen LogP contribution is 2.57. The van der Waals surface area contributed by atoms with E-state index in [1.54, 1.807) is 0 Å². The molecule has 0 saturated carbocycles. The lowest BCUT2D eigenvalue weighted by Gasteiger charge is -2.36. The van der Waals surface area contributed by atoms with Crippen LogP contribution in [0.1, 0.15) is 17.7 Å². The fraction of sp³-hybridized carbons (Fsp3) is 0.182. The third-order valence-corrected chi connectivity index (χ3v) is 6.33. The maximum atomic E-state index is 13.8. The first-order chi connectivity index (χ1) is 16.2. The molecule has 6 nitrogen and oxygen atoms in total. The maximum Gasteiger partial charge on any atom is 0.406 e. The first kappa shape index (κ1) is 24.5. The molecule has 1 aliphatic rings. The minimum Gasteiger partial charge on any atom is -0.290 e. The highest BCUT2D eigenvalue weighted by atomic mass is 32.2. The van der Waals surface area contributed by atoms with Crippen molar-refractivity contribution in [1.82, 2.24) is 14.4 Å². The Kier molecular flexibility index (Phi) is 5.77. The van der Waals surface area contributed by atoms with Crippen molar-refractivity contribution in [2.24, 2.45) is 10.6 Å². The number of alkyl halides is 6. The summed E-state index contributed by atoms with van der Waals surface area (Å²) in [6, 6.07) is 6.49. The zero-order chi connectivity index (χ0) is 25.6. The van der Waals surface area contributed by atoms with E-state index in [-0.39, 0.29) is 33.4 Å². The molecule has 2 aromatic heterocycles. The van der Waals surface area contributed by atoms with Crippen molar-refractivity contribution < 1.29 is 34.8 Å². The molecular formula is C22H14F6N4O2S. The lowest BCUT2D eigenvalue weighted by Crippen LogP contribution is -2.49. The third-order valence-electron chi connectivity index (χ3n) is 5.40. The molecule has 4 rings (SSSR count). The van der Waals surface area contributed by atoms with E-state index in [2.05, 4.69) is 21.8 Å². The molecule has 182 valence electrons. The van der Waals surface area contributed by atoms with E-state index in [9.17, 15) is 34.8 Å². The van der Waals surface area contributed by atoms with Crippen LogP contribution >= 0.6 is 0 Å². The Morgan fingerprint density at radius 2 is 1.66 bits per heavy atom. The van der Waals surface area contributed by atoms with Crippen molar-refractivity contribution in [2.75, 3.05) is 0 Å². The van der Waals surface area contributed by atoms with Gasteiger partial charge in [0.1, 0.15) is 12.0 Å². The largest absolute Gasteiger partial charge is 0.406 e. The summed E-state index contributed by atoms with van der Waals surface area (Å²) in [5.41, 5.74) is -4.62. The number of nitrogens with two attached hydrogens (primary N) is 1. The molecule has 35 heavy (non-hydrogen) atoms. The average Bonchev–Trinajstić information content (AvgIpc) is 3.20. The summed E-state index contributed by atoms with van der Waals surface area (Å²) < 4.78 is 107. The number of hydrogen-bond acceptors (Lipinski definition) is 4. The van der Waals surface area contributed by atoms with Gasteiger partial charge in [-0.1, -0.05) is 17.9 Å². The van der Waals surface area contributed by atoms with Gasteiger partial charge in [0.25, 0.3) is 0 Å². The van der Waals surface area contributed by atoms with Gasteiger partial charge >= 0.3 is 12.4 Å². The van der Waals surface area contributed by atoms with Gasteiger partial charge < -0.3 is 0 Å². The van der Waals surface area contributed by atoms with Crippen molar-refractivity contribution in [2.45, 2.75) is 23.7 Å². The lowest BCUT2D eigenvalue weighted by molar-refractivity contribution is -0.320. The number of benzene rings is 1. The molecule has 0 saturated heterocycles. The Morgan fingerprint density at radius 3 is 2.26 bits per heavy atom. The van der Waals surface area contributed by atoms with E-state index in [1.165, 1.54) is 53.5 Å². The Hall–Kier alpha value is -3.63. The monoisotopic (exact) mass is 512 g/mol. The van der Waals surface area contributed by atoms with Crippen LogP contribution in [-0.2, 0) is 10.0 Å². The molecular weight excluding hydrogens is 498 g/mol. The summed E-state index contributed by atoms with van der Waals surface area (Å²) in [4.78, 5) is 7.84. The molecule has 0 fully saturated rings. The fourth-order valence-corrected chi connectivity index (χ4v) is 4.04. The van der Waals surface area contributed by atoms with Gasteiger partial charge in [-0.15, -0.1) is 0 Å². The van der Waals surface area contributed by atoms with Crippen molar-refractivity contribution in [1.29, 1.82) is 0 Å². The first-order valence-electron chi connectivity index (χ1n) is 9.73. The molecule has 0 bridgehead atoms. The molecule has 2 heterocycles. The van der Waals surface area contributed by atoms with Gasteiger partial charge in [-0.05, 0) is 42.8 Å². The van der Waals surface area contributed by atoms with Gasteiger partial charge in [-0.25, -0.2) is 23.5 Å². The first-order valence-corrected chi connectivity index (χ1v) is 11.3. The van der Waals surface area contributed by atoms with Crippen LogP contribution in [0.2, 0.25) is 0 Å². The molecule has 0 unspecified atom stereocenters. The molecule has 1 aliphatic carbocycles. The predicted octanol–water partition coefficient (Wildman–Crippen LogP) is 4.25. The molecule has 1 aromatic carbocycles. The summed E-state index contributed by atoms with van der Waals surface area (Å²) in [6.45, 7) is 0. The number of nitrogens with zero attached hydrogens (tertiary/aromatic N) is 3. The maximum absolute atomic E-state index is 13.8. The Labute approximate surface area is 194 Å². The average molecular weight is 512 g/mol. The van der Waals surface area contributed by atoms with E-state index >= 15 is 0 Å². The van der Waals surface area contributed by atoms with Gasteiger partial charge in [0.05, 0.1) is 4.90 Å². The minimum atomic E-state index is -5.64. The van der Waals surface area contributed by atoms with Gasteiger partial charge in [0.15, 0.2) is 11.1 Å². The summed E-state index contributed by atoms with van der Waals surface area (Å²) in [6.07, 6.45) is -7.77. The number of fused-ring (bicyclic) bond motifs is 1. The van der Waals surface area contributed by atoms with Crippen molar-refractivity contribution in [3.63, 3.8) is 0 Å². The van der Waals surface area contributed by atoms with Crippen molar-refractivity contribution in [3.8, 4) is 11.8 Å². The van der Waals surface area contributed by atoms with Crippen molar-refractivity contribution >= 4 is 21.2 Å². The quantitative estimate of drug-likeness (QED) is 0.411. The van der Waals surface area contributed by atoms with E-state index < -0.39 is 39.8 Å². The van der Waals surface area contributed by atoms with Crippen LogP contribution in [-0.4, -0.2) is 35.1 Å². The summed E-state index contributed by atoms with van der Waals surface area (Å²) in [7, 11) is -3.95. The molecule has 13 heteroatoms. The smallest absolute Gasteiger partial charge is 0.290 e. The van der Waals surface area contributed by atoms with Crippen LogP contribution < -0.4 is 5.14 Å². The molecule has 0 amide bonds. The number of imidazole rings is 1. The second kappa shape index (κ2) is 8.24. The lowest BCUT2D eigenvalue weighted by atomic mass is 9.75. The summed E-state index contributed by atoms with van der Waals surface area (Å²) in [5.74, 6) is 5.22. The van der Waals surface area contributed by atoms with E-state index in [4.69, 9.17) is 5.14 Å². The molecule has 3 aromatic rings. The Morgan fingerprint density at radius 1 is 1.00 bits per heavy atom. The predicted molar refractivity (Wildman–Crippen MR) is 113 cm³/mol. The topological polar surface area (TPSA) is 90.4 Å². The number of sulfonamides is 1. The number of aromatic nitrogens is 3. The zero-order valence-electron chi connectivity index (χ0n) is 17.4. The summed E-state index contributed by atoms with van der Waals surface area (Å²) in [5, 5.41) is 5.03. The number of rotatable bonds is 2. The summed E-state index contributed by atoms with van der Waals surface area (Å²) >= 11 is 0. The highest BCUT2D eigenvalue weighted by molar-refractivity contribution is 7.89. The van der Waals surface area contributed by atoms with Crippen molar-refractivity contribution in [3.05, 3.63) is 78.0 Å². The molecule has 0 spiro atoms. The molecule has 0 aliphatic heterocycles. The number of halogens is 6. The number of hydrogen-bond donors (Lipinski definition) is 1. The SMILES string of the molecule is NS(=O)(=O)c1ccc(C#CC2=CCC(C(F)(F)F)(C(F)(F)F)C=C2c2ncn3cccnc23)cc1. The van der Waals surface area contributed by atoms with Crippen LogP contribution in [0.3, 0.4) is 0 Å². The van der Waals surface area contributed by atoms with Gasteiger partial charge in [0, 0.05) is 29.1 Å². The standard InChI is InChI=1S/C22H14F6N4O2S/c23-21(24,25)20(22(26,27)28)9-8-15(5-2-14-3-6-16(7-4-14)35(29,33)34)17(12-20)18-19-30-10-1-11-32(19)13-31-18/h1,3-4,6-8,10-13H,9H2,(H2,29,33,34). The van der Waals surface area contributed by atoms with Gasteiger partial charge in [0.2, 0.25) is 10.0 Å². The second-order valence-corrected chi connectivity index (χ2v) is 9.17. The fourth-order valence-electron chi connectivity index (χ4n) is 3.52. The van der Waals surface area contributed by atoms with Crippen LogP contribution in [0, 0.1) is 17.3 Å². The Balaban J connectivity index is 1.86. The van der Waals surface area contributed by atoms with E-state index in [0.29, 0.717) is 0 Å². The molecule has 0 atom stereocenters. The van der Waals surface area contributed by atoms with Crippen LogP contribution in [0.25, 0.3) is 11.2 Å². The molecule has 2 N–H and O–H groups in total. The minimum absolute atomic E-state index is 0.0455. The highest BCUT2D eigenvalue weighted by Gasteiger charge is 2.69. The Bertz CT molecular complexity index is 1510. The van der Waals surface area contributed by atoms with Crippen LogP contribution in [0.15, 0.2) is 71.7 Å². The van der Waals surface area contributed by atoms with E-state index in [1.807, 2.05) is 0 Å². The van der Waals surface area contributed by atoms with E-state index in [0.717, 1.165) is 6.08 Å². The third kappa shape index (κ3) is 4.42. The zero-order valence-corrected chi connectivity index (χ0v) is 18.2. The van der Waals surface area contributed by atoms with Crippen LogP contribution in [0.4, 0.5) is 26.3 Å². The van der Waals surface area contributed by atoms with Gasteiger partial charge in [-0.2, -0.15) is 26.3 Å². The second-order valence-electron chi connectivity index (χ2n) is 7.61. The number of primary sulfonamides is 1. The normalized spacial score (nSPS) is 16.3. The van der Waals surface area contributed by atoms with Crippen LogP contribution in [0.5, 0.6) is 0 Å².